The summed E-state index contributed by atoms with van der Waals surface area (Å²) in [6.07, 6.45) is 0.764. The molecule has 0 saturated carbocycles. The van der Waals surface area contributed by atoms with Crippen molar-refractivity contribution in [3.63, 3.8) is 0 Å². The van der Waals surface area contributed by atoms with E-state index in [1.54, 1.807) is 25.3 Å². The maximum absolute atomic E-state index is 11.0. The van der Waals surface area contributed by atoms with Gasteiger partial charge in [0.2, 0.25) is 0 Å². The van der Waals surface area contributed by atoms with Crippen LogP contribution in [-0.4, -0.2) is 26.6 Å². The van der Waals surface area contributed by atoms with Crippen LogP contribution in [-0.2, 0) is 0 Å². The quantitative estimate of drug-likeness (QED) is 0.579. The van der Waals surface area contributed by atoms with E-state index in [0.29, 0.717) is 30.3 Å². The lowest BCUT2D eigenvalue weighted by Crippen LogP contribution is -2.10. The van der Waals surface area contributed by atoms with Gasteiger partial charge in [0.05, 0.1) is 12.7 Å². The molecule has 0 N–H and O–H groups in total. The highest BCUT2D eigenvalue weighted by Crippen LogP contribution is 2.24. The second kappa shape index (κ2) is 7.50. The Hall–Kier alpha value is -2.49. The number of hydrogen-bond acceptors (Lipinski definition) is 4. The topological polar surface area (TPSA) is 44.8 Å². The summed E-state index contributed by atoms with van der Waals surface area (Å²) in [4.78, 5) is 11.0. The smallest absolute Gasteiger partial charge is 0.153 e. The summed E-state index contributed by atoms with van der Waals surface area (Å²) < 4.78 is 16.5. The van der Waals surface area contributed by atoms with Crippen molar-refractivity contribution in [2.45, 2.75) is 13.8 Å². The van der Waals surface area contributed by atoms with E-state index in [9.17, 15) is 4.79 Å². The highest BCUT2D eigenvalue weighted by Gasteiger charge is 2.06. The Morgan fingerprint density at radius 1 is 0.955 bits per heavy atom. The fourth-order valence-electron chi connectivity index (χ4n) is 2.03. The first-order chi connectivity index (χ1) is 10.6. The third-order valence-corrected chi connectivity index (χ3v) is 3.29. The van der Waals surface area contributed by atoms with Crippen molar-refractivity contribution >= 4 is 6.29 Å². The molecule has 116 valence electrons. The van der Waals surface area contributed by atoms with E-state index in [2.05, 4.69) is 0 Å². The average molecular weight is 300 g/mol. The largest absolute Gasteiger partial charge is 0.497 e. The molecule has 0 radical (unpaired) electrons. The summed E-state index contributed by atoms with van der Waals surface area (Å²) in [6, 6.07) is 11.2. The van der Waals surface area contributed by atoms with Crippen LogP contribution in [0.1, 0.15) is 21.5 Å². The maximum atomic E-state index is 11.0. The summed E-state index contributed by atoms with van der Waals surface area (Å²) in [6.45, 7) is 4.78. The Labute approximate surface area is 130 Å². The van der Waals surface area contributed by atoms with E-state index in [1.165, 1.54) is 0 Å². The molecule has 22 heavy (non-hydrogen) atoms. The van der Waals surface area contributed by atoms with E-state index in [4.69, 9.17) is 14.2 Å². The molecule has 0 saturated heterocycles. The minimum atomic E-state index is 0.349. The first-order valence-electron chi connectivity index (χ1n) is 7.10. The number of ether oxygens (including phenoxy) is 3. The van der Waals surface area contributed by atoms with Crippen molar-refractivity contribution in [1.29, 1.82) is 0 Å². The molecule has 0 heterocycles. The molecule has 2 aromatic carbocycles. The number of rotatable bonds is 7. The Balaban J connectivity index is 1.93. The lowest BCUT2D eigenvalue weighted by Gasteiger charge is -2.12. The predicted molar refractivity (Wildman–Crippen MR) is 85.3 cm³/mol. The van der Waals surface area contributed by atoms with Crippen LogP contribution in [0.2, 0.25) is 0 Å². The molecule has 0 spiro atoms. The number of hydrogen-bond donors (Lipinski definition) is 0. The van der Waals surface area contributed by atoms with Crippen LogP contribution in [0.4, 0.5) is 0 Å². The van der Waals surface area contributed by atoms with Crippen molar-refractivity contribution in [3.05, 3.63) is 53.1 Å². The summed E-state index contributed by atoms with van der Waals surface area (Å²) >= 11 is 0. The minimum Gasteiger partial charge on any atom is -0.497 e. The standard InChI is InChI=1S/C18H20O4/c1-13-4-5-14(2)17(10-13)21-8-9-22-18-11-16(20-3)7-6-15(18)12-19/h4-7,10-12H,8-9H2,1-3H3. The fourth-order valence-corrected chi connectivity index (χ4v) is 2.03. The summed E-state index contributed by atoms with van der Waals surface area (Å²) in [7, 11) is 1.57. The van der Waals surface area contributed by atoms with Crippen molar-refractivity contribution in [3.8, 4) is 17.2 Å². The van der Waals surface area contributed by atoms with Gasteiger partial charge in [-0.05, 0) is 43.2 Å². The Morgan fingerprint density at radius 3 is 2.36 bits per heavy atom. The van der Waals surface area contributed by atoms with Gasteiger partial charge >= 0.3 is 0 Å². The van der Waals surface area contributed by atoms with E-state index in [1.807, 2.05) is 32.0 Å². The van der Waals surface area contributed by atoms with Crippen LogP contribution in [0.5, 0.6) is 17.2 Å². The van der Waals surface area contributed by atoms with Gasteiger partial charge in [-0.2, -0.15) is 0 Å². The minimum absolute atomic E-state index is 0.349. The number of benzene rings is 2. The van der Waals surface area contributed by atoms with Crippen LogP contribution in [0, 0.1) is 13.8 Å². The molecule has 0 fully saturated rings. The molecule has 0 aliphatic rings. The molecule has 2 rings (SSSR count). The second-order valence-electron chi connectivity index (χ2n) is 4.99. The first-order valence-corrected chi connectivity index (χ1v) is 7.10. The average Bonchev–Trinajstić information content (AvgIpc) is 2.54. The van der Waals surface area contributed by atoms with Gasteiger partial charge in [-0.1, -0.05) is 12.1 Å². The van der Waals surface area contributed by atoms with Gasteiger partial charge in [-0.3, -0.25) is 4.79 Å². The molecule has 0 bridgehead atoms. The van der Waals surface area contributed by atoms with E-state index in [0.717, 1.165) is 23.2 Å². The molecule has 0 aliphatic carbocycles. The molecule has 4 nitrogen and oxygen atoms in total. The van der Waals surface area contributed by atoms with Gasteiger partial charge in [0.25, 0.3) is 0 Å². The SMILES string of the molecule is COc1ccc(C=O)c(OCCOc2cc(C)ccc2C)c1. The van der Waals surface area contributed by atoms with Gasteiger partial charge in [0, 0.05) is 6.07 Å². The maximum Gasteiger partial charge on any atom is 0.153 e. The fraction of sp³-hybridized carbons (Fsp3) is 0.278. The van der Waals surface area contributed by atoms with Crippen LogP contribution in [0.25, 0.3) is 0 Å². The van der Waals surface area contributed by atoms with Crippen LogP contribution >= 0.6 is 0 Å². The van der Waals surface area contributed by atoms with Crippen LogP contribution in [0.3, 0.4) is 0 Å². The number of aldehydes is 1. The third-order valence-electron chi connectivity index (χ3n) is 3.29. The second-order valence-corrected chi connectivity index (χ2v) is 4.99. The molecule has 2 aromatic rings. The number of carbonyl (C=O) groups is 1. The van der Waals surface area contributed by atoms with Gasteiger partial charge in [0.1, 0.15) is 30.5 Å². The third kappa shape index (κ3) is 4.01. The van der Waals surface area contributed by atoms with Crippen molar-refractivity contribution < 1.29 is 19.0 Å². The zero-order valence-corrected chi connectivity index (χ0v) is 13.1. The van der Waals surface area contributed by atoms with E-state index in [-0.39, 0.29) is 0 Å². The molecule has 0 atom stereocenters. The Morgan fingerprint density at radius 2 is 1.68 bits per heavy atom. The molecule has 0 amide bonds. The summed E-state index contributed by atoms with van der Waals surface area (Å²) in [5.74, 6) is 2.00. The predicted octanol–water partition coefficient (Wildman–Crippen LogP) is 3.58. The van der Waals surface area contributed by atoms with Gasteiger partial charge in [-0.15, -0.1) is 0 Å². The van der Waals surface area contributed by atoms with Gasteiger partial charge in [-0.25, -0.2) is 0 Å². The van der Waals surface area contributed by atoms with E-state index >= 15 is 0 Å². The molecule has 0 aliphatic heterocycles. The zero-order valence-electron chi connectivity index (χ0n) is 13.1. The van der Waals surface area contributed by atoms with Crippen molar-refractivity contribution in [2.75, 3.05) is 20.3 Å². The molecular weight excluding hydrogens is 280 g/mol. The van der Waals surface area contributed by atoms with Crippen LogP contribution in [0.15, 0.2) is 36.4 Å². The summed E-state index contributed by atoms with van der Waals surface area (Å²) in [5, 5.41) is 0. The monoisotopic (exact) mass is 300 g/mol. The lowest BCUT2D eigenvalue weighted by atomic mass is 10.1. The van der Waals surface area contributed by atoms with Gasteiger partial charge in [0.15, 0.2) is 6.29 Å². The molecule has 0 unspecified atom stereocenters. The zero-order chi connectivity index (χ0) is 15.9. The molecule has 4 heteroatoms. The van der Waals surface area contributed by atoms with Crippen molar-refractivity contribution in [2.24, 2.45) is 0 Å². The lowest BCUT2D eigenvalue weighted by molar-refractivity contribution is 0.111. The number of aryl methyl sites for hydroxylation is 2. The Kier molecular flexibility index (Phi) is 5.42. The molecular formula is C18H20O4. The van der Waals surface area contributed by atoms with Crippen LogP contribution < -0.4 is 14.2 Å². The van der Waals surface area contributed by atoms with Gasteiger partial charge < -0.3 is 14.2 Å². The number of carbonyl (C=O) groups excluding carboxylic acids is 1. The van der Waals surface area contributed by atoms with E-state index < -0.39 is 0 Å². The highest BCUT2D eigenvalue weighted by atomic mass is 16.5. The van der Waals surface area contributed by atoms with Crippen molar-refractivity contribution in [1.82, 2.24) is 0 Å². The molecule has 0 aromatic heterocycles. The Bertz CT molecular complexity index is 650. The first kappa shape index (κ1) is 15.9. The normalized spacial score (nSPS) is 10.1. The highest BCUT2D eigenvalue weighted by molar-refractivity contribution is 5.79. The number of methoxy groups -OCH3 is 1. The summed E-state index contributed by atoms with van der Waals surface area (Å²) in [5.41, 5.74) is 2.73.